The van der Waals surface area contributed by atoms with Crippen molar-refractivity contribution in [3.05, 3.63) is 52.8 Å². The molecule has 1 aromatic carbocycles. The van der Waals surface area contributed by atoms with Crippen molar-refractivity contribution >= 4 is 11.6 Å². The molecule has 0 radical (unpaired) electrons. The smallest absolute Gasteiger partial charge is 0.146 e. The van der Waals surface area contributed by atoms with Gasteiger partial charge in [-0.3, -0.25) is 4.98 Å². The normalized spacial score (nSPS) is 10.3. The summed E-state index contributed by atoms with van der Waals surface area (Å²) in [7, 11) is 0. The standard InChI is InChI=1S/C13H13ClN2O/c1-9-6-13(10(7-15)8-16-9)17-12-5-3-2-4-11(12)14/h2-6,8H,7,15H2,1H3. The van der Waals surface area contributed by atoms with Gasteiger partial charge in [-0.25, -0.2) is 0 Å². The molecule has 0 saturated carbocycles. The second kappa shape index (κ2) is 5.17. The number of hydrogen-bond acceptors (Lipinski definition) is 3. The number of aryl methyl sites for hydroxylation is 1. The van der Waals surface area contributed by atoms with Crippen LogP contribution < -0.4 is 10.5 Å². The first kappa shape index (κ1) is 11.9. The average Bonchev–Trinajstić information content (AvgIpc) is 2.32. The summed E-state index contributed by atoms with van der Waals surface area (Å²) in [5.41, 5.74) is 7.38. The molecule has 17 heavy (non-hydrogen) atoms. The van der Waals surface area contributed by atoms with Crippen molar-refractivity contribution in [1.29, 1.82) is 0 Å². The van der Waals surface area contributed by atoms with Crippen molar-refractivity contribution in [2.45, 2.75) is 13.5 Å². The SMILES string of the molecule is Cc1cc(Oc2ccccc2Cl)c(CN)cn1. The fourth-order valence-electron chi connectivity index (χ4n) is 1.46. The molecule has 2 aromatic rings. The number of rotatable bonds is 3. The average molecular weight is 249 g/mol. The number of nitrogens with two attached hydrogens (primary N) is 1. The molecule has 0 unspecified atom stereocenters. The lowest BCUT2D eigenvalue weighted by molar-refractivity contribution is 0.475. The largest absolute Gasteiger partial charge is 0.455 e. The number of pyridine rings is 1. The van der Waals surface area contributed by atoms with Gasteiger partial charge in [0.25, 0.3) is 0 Å². The summed E-state index contributed by atoms with van der Waals surface area (Å²) in [6, 6.07) is 9.19. The van der Waals surface area contributed by atoms with Crippen LogP contribution in [0.3, 0.4) is 0 Å². The number of halogens is 1. The van der Waals surface area contributed by atoms with E-state index in [-0.39, 0.29) is 0 Å². The summed E-state index contributed by atoms with van der Waals surface area (Å²) in [5.74, 6) is 1.32. The van der Waals surface area contributed by atoms with Crippen LogP contribution in [-0.4, -0.2) is 4.98 Å². The number of ether oxygens (including phenoxy) is 1. The minimum atomic E-state index is 0.382. The Bertz CT molecular complexity index is 529. The topological polar surface area (TPSA) is 48.1 Å². The zero-order chi connectivity index (χ0) is 12.3. The van der Waals surface area contributed by atoms with Crippen LogP contribution >= 0.6 is 11.6 Å². The lowest BCUT2D eigenvalue weighted by atomic mass is 10.2. The second-order valence-electron chi connectivity index (χ2n) is 3.67. The van der Waals surface area contributed by atoms with E-state index in [1.807, 2.05) is 31.2 Å². The van der Waals surface area contributed by atoms with Gasteiger partial charge in [-0.2, -0.15) is 0 Å². The Balaban J connectivity index is 2.35. The Morgan fingerprint density at radius 1 is 1.29 bits per heavy atom. The third-order valence-corrected chi connectivity index (χ3v) is 2.67. The summed E-state index contributed by atoms with van der Waals surface area (Å²) in [6.45, 7) is 2.28. The minimum Gasteiger partial charge on any atom is -0.455 e. The van der Waals surface area contributed by atoms with E-state index in [4.69, 9.17) is 22.1 Å². The number of para-hydroxylation sites is 1. The predicted molar refractivity (Wildman–Crippen MR) is 68.4 cm³/mol. The van der Waals surface area contributed by atoms with Gasteiger partial charge in [-0.1, -0.05) is 23.7 Å². The van der Waals surface area contributed by atoms with Crippen LogP contribution in [0.5, 0.6) is 11.5 Å². The van der Waals surface area contributed by atoms with E-state index >= 15 is 0 Å². The van der Waals surface area contributed by atoms with Crippen molar-refractivity contribution in [1.82, 2.24) is 4.98 Å². The van der Waals surface area contributed by atoms with Crippen LogP contribution in [0.2, 0.25) is 5.02 Å². The Morgan fingerprint density at radius 2 is 2.06 bits per heavy atom. The minimum absolute atomic E-state index is 0.382. The molecule has 0 atom stereocenters. The van der Waals surface area contributed by atoms with Crippen molar-refractivity contribution in [2.24, 2.45) is 5.73 Å². The van der Waals surface area contributed by atoms with E-state index in [0.717, 1.165) is 11.3 Å². The van der Waals surface area contributed by atoms with Crippen LogP contribution in [0.1, 0.15) is 11.3 Å². The number of aromatic nitrogens is 1. The maximum Gasteiger partial charge on any atom is 0.146 e. The summed E-state index contributed by atoms with van der Waals surface area (Å²) in [5, 5.41) is 0.574. The molecule has 1 aromatic heterocycles. The van der Waals surface area contributed by atoms with Gasteiger partial charge >= 0.3 is 0 Å². The third-order valence-electron chi connectivity index (χ3n) is 2.36. The summed E-state index contributed by atoms with van der Waals surface area (Å²) in [4.78, 5) is 4.18. The Labute approximate surface area is 105 Å². The molecule has 0 aliphatic heterocycles. The van der Waals surface area contributed by atoms with Gasteiger partial charge in [0.05, 0.1) is 5.02 Å². The first-order valence-corrected chi connectivity index (χ1v) is 5.66. The molecule has 0 bridgehead atoms. The van der Waals surface area contributed by atoms with Crippen LogP contribution in [0.4, 0.5) is 0 Å². The molecule has 0 amide bonds. The predicted octanol–water partition coefficient (Wildman–Crippen LogP) is 3.29. The van der Waals surface area contributed by atoms with Crippen LogP contribution in [0, 0.1) is 6.92 Å². The maximum absolute atomic E-state index is 6.04. The van der Waals surface area contributed by atoms with Crippen molar-refractivity contribution < 1.29 is 4.74 Å². The van der Waals surface area contributed by atoms with E-state index in [9.17, 15) is 0 Å². The summed E-state index contributed by atoms with van der Waals surface area (Å²) >= 11 is 6.04. The fraction of sp³-hybridized carbons (Fsp3) is 0.154. The van der Waals surface area contributed by atoms with E-state index in [2.05, 4.69) is 4.98 Å². The monoisotopic (exact) mass is 248 g/mol. The first-order valence-electron chi connectivity index (χ1n) is 5.28. The molecule has 2 rings (SSSR count). The third kappa shape index (κ3) is 2.75. The highest BCUT2D eigenvalue weighted by atomic mass is 35.5. The second-order valence-corrected chi connectivity index (χ2v) is 4.08. The Morgan fingerprint density at radius 3 is 2.76 bits per heavy atom. The molecular formula is C13H13ClN2O. The highest BCUT2D eigenvalue weighted by Crippen LogP contribution is 2.30. The van der Waals surface area contributed by atoms with Gasteiger partial charge in [0, 0.05) is 30.1 Å². The van der Waals surface area contributed by atoms with Crippen LogP contribution in [-0.2, 0) is 6.54 Å². The molecule has 1 heterocycles. The van der Waals surface area contributed by atoms with Gasteiger partial charge in [-0.05, 0) is 19.1 Å². The van der Waals surface area contributed by atoms with Gasteiger partial charge in [-0.15, -0.1) is 0 Å². The molecule has 88 valence electrons. The molecule has 0 saturated heterocycles. The van der Waals surface area contributed by atoms with Gasteiger partial charge in [0.2, 0.25) is 0 Å². The van der Waals surface area contributed by atoms with Crippen LogP contribution in [0.15, 0.2) is 36.5 Å². The lowest BCUT2D eigenvalue weighted by Gasteiger charge is -2.11. The van der Waals surface area contributed by atoms with Crippen LogP contribution in [0.25, 0.3) is 0 Å². The molecular weight excluding hydrogens is 236 g/mol. The van der Waals surface area contributed by atoms with E-state index in [1.165, 1.54) is 0 Å². The molecule has 0 fully saturated rings. The Kier molecular flexibility index (Phi) is 3.61. The highest BCUT2D eigenvalue weighted by Gasteiger charge is 2.07. The molecule has 0 aliphatic rings. The number of benzene rings is 1. The van der Waals surface area contributed by atoms with E-state index in [1.54, 1.807) is 12.3 Å². The van der Waals surface area contributed by atoms with Crippen molar-refractivity contribution in [2.75, 3.05) is 0 Å². The van der Waals surface area contributed by atoms with E-state index in [0.29, 0.717) is 23.1 Å². The van der Waals surface area contributed by atoms with Gasteiger partial charge in [0.15, 0.2) is 0 Å². The summed E-state index contributed by atoms with van der Waals surface area (Å²) in [6.07, 6.45) is 1.72. The highest BCUT2D eigenvalue weighted by molar-refractivity contribution is 6.32. The molecule has 0 spiro atoms. The fourth-order valence-corrected chi connectivity index (χ4v) is 1.63. The molecule has 2 N–H and O–H groups in total. The first-order chi connectivity index (χ1) is 8.20. The van der Waals surface area contributed by atoms with Crippen molar-refractivity contribution in [3.8, 4) is 11.5 Å². The molecule has 4 heteroatoms. The van der Waals surface area contributed by atoms with Crippen molar-refractivity contribution in [3.63, 3.8) is 0 Å². The summed E-state index contributed by atoms with van der Waals surface area (Å²) < 4.78 is 5.76. The lowest BCUT2D eigenvalue weighted by Crippen LogP contribution is -2.01. The number of nitrogens with zero attached hydrogens (tertiary/aromatic N) is 1. The maximum atomic E-state index is 6.04. The molecule has 3 nitrogen and oxygen atoms in total. The van der Waals surface area contributed by atoms with E-state index < -0.39 is 0 Å². The zero-order valence-electron chi connectivity index (χ0n) is 9.48. The van der Waals surface area contributed by atoms with Gasteiger partial charge < -0.3 is 10.5 Å². The molecule has 0 aliphatic carbocycles. The number of hydrogen-bond donors (Lipinski definition) is 1. The quantitative estimate of drug-likeness (QED) is 0.907. The Hall–Kier alpha value is -1.58. The van der Waals surface area contributed by atoms with Gasteiger partial charge in [0.1, 0.15) is 11.5 Å². The zero-order valence-corrected chi connectivity index (χ0v) is 10.2.